The number of hydrogen-bond acceptors (Lipinski definition) is 3. The van der Waals surface area contributed by atoms with Crippen LogP contribution in [-0.4, -0.2) is 31.9 Å². The molecule has 0 atom stereocenters. The Labute approximate surface area is 179 Å². The van der Waals surface area contributed by atoms with Crippen molar-refractivity contribution in [3.05, 3.63) is 95.4 Å². The first-order valence-corrected chi connectivity index (χ1v) is 10.4. The maximum atomic E-state index is 4.93. The summed E-state index contributed by atoms with van der Waals surface area (Å²) in [6.07, 6.45) is 16.8. The SMILES string of the molecule is CN1C=CC(c2c3nc(cc4nc(cc5ccc(cc6ccc2[nH]6)[nH]5)C=C4)C=C3)C=C1. The minimum Gasteiger partial charge on any atom is -0.358 e. The monoisotopic (exact) mass is 403 g/mol. The maximum absolute atomic E-state index is 4.93. The van der Waals surface area contributed by atoms with Crippen molar-refractivity contribution in [1.82, 2.24) is 24.8 Å². The van der Waals surface area contributed by atoms with Gasteiger partial charge in [-0.05, 0) is 66.8 Å². The highest BCUT2D eigenvalue weighted by atomic mass is 15.0. The average Bonchev–Trinajstić information content (AvgIpc) is 3.55. The molecular weight excluding hydrogens is 382 g/mol. The number of H-pyrrole nitrogens is 2. The third-order valence-electron chi connectivity index (χ3n) is 5.65. The molecule has 0 aromatic carbocycles. The van der Waals surface area contributed by atoms with E-state index in [1.165, 1.54) is 0 Å². The molecule has 6 heterocycles. The fraction of sp³-hybridized carbons (Fsp3) is 0.0769. The number of fused-ring (bicyclic) bond motifs is 8. The molecule has 0 fully saturated rings. The molecule has 8 bridgehead atoms. The van der Waals surface area contributed by atoms with Gasteiger partial charge in [0.1, 0.15) is 0 Å². The van der Waals surface area contributed by atoms with Gasteiger partial charge in [-0.3, -0.25) is 0 Å². The van der Waals surface area contributed by atoms with Gasteiger partial charge in [-0.2, -0.15) is 0 Å². The van der Waals surface area contributed by atoms with Crippen LogP contribution in [-0.2, 0) is 0 Å². The molecule has 6 rings (SSSR count). The lowest BCUT2D eigenvalue weighted by Gasteiger charge is -2.18. The summed E-state index contributed by atoms with van der Waals surface area (Å²) < 4.78 is 0. The maximum Gasteiger partial charge on any atom is 0.0699 e. The van der Waals surface area contributed by atoms with E-state index in [1.807, 2.05) is 25.3 Å². The van der Waals surface area contributed by atoms with Crippen LogP contribution in [0.25, 0.3) is 46.4 Å². The van der Waals surface area contributed by atoms with Gasteiger partial charge in [-0.1, -0.05) is 12.2 Å². The molecule has 0 saturated carbocycles. The Morgan fingerprint density at radius 2 is 1.35 bits per heavy atom. The van der Waals surface area contributed by atoms with Crippen molar-refractivity contribution >= 4 is 46.4 Å². The van der Waals surface area contributed by atoms with Crippen molar-refractivity contribution in [3.63, 3.8) is 0 Å². The number of hydrogen-bond donors (Lipinski definition) is 2. The summed E-state index contributed by atoms with van der Waals surface area (Å²) in [6.45, 7) is 0. The standard InChI is InChI=1S/C26H21N5/c1-31-12-10-17(11-13-31)26-24-8-6-22(29-24)15-20-4-2-18(27-20)14-19-3-5-21(28-19)16-23-7-9-25(26)30-23/h2-17,27,29H,1H3. The van der Waals surface area contributed by atoms with E-state index in [2.05, 4.69) is 88.0 Å². The van der Waals surface area contributed by atoms with Crippen LogP contribution in [0.15, 0.2) is 67.0 Å². The quantitative estimate of drug-likeness (QED) is 0.377. The lowest BCUT2D eigenvalue weighted by Crippen LogP contribution is -2.08. The molecule has 3 aromatic rings. The largest absolute Gasteiger partial charge is 0.358 e. The predicted molar refractivity (Wildman–Crippen MR) is 128 cm³/mol. The van der Waals surface area contributed by atoms with Crippen LogP contribution in [0.2, 0.25) is 0 Å². The molecule has 0 unspecified atom stereocenters. The fourth-order valence-electron chi connectivity index (χ4n) is 4.14. The molecule has 5 heteroatoms. The van der Waals surface area contributed by atoms with Gasteiger partial charge in [0.05, 0.1) is 22.8 Å². The average molecular weight is 403 g/mol. The second kappa shape index (κ2) is 6.99. The molecule has 31 heavy (non-hydrogen) atoms. The zero-order valence-corrected chi connectivity index (χ0v) is 17.1. The first-order valence-electron chi connectivity index (χ1n) is 10.4. The zero-order valence-electron chi connectivity index (χ0n) is 17.1. The Morgan fingerprint density at radius 3 is 2.19 bits per heavy atom. The van der Waals surface area contributed by atoms with E-state index in [0.29, 0.717) is 0 Å². The summed E-state index contributed by atoms with van der Waals surface area (Å²) in [5, 5.41) is 0. The van der Waals surface area contributed by atoms with Crippen LogP contribution in [0.5, 0.6) is 0 Å². The van der Waals surface area contributed by atoms with Crippen molar-refractivity contribution in [3.8, 4) is 0 Å². The van der Waals surface area contributed by atoms with Crippen LogP contribution >= 0.6 is 0 Å². The highest BCUT2D eigenvalue weighted by Crippen LogP contribution is 2.30. The van der Waals surface area contributed by atoms with Gasteiger partial charge in [0.2, 0.25) is 0 Å². The van der Waals surface area contributed by atoms with Gasteiger partial charge in [-0.25, -0.2) is 9.97 Å². The number of rotatable bonds is 1. The van der Waals surface area contributed by atoms with Gasteiger partial charge < -0.3 is 14.9 Å². The molecule has 3 aliphatic rings. The Balaban J connectivity index is 1.67. The van der Waals surface area contributed by atoms with Crippen LogP contribution in [0, 0.1) is 0 Å². The molecule has 0 amide bonds. The van der Waals surface area contributed by atoms with E-state index in [-0.39, 0.29) is 5.92 Å². The van der Waals surface area contributed by atoms with E-state index in [4.69, 9.17) is 9.97 Å². The van der Waals surface area contributed by atoms with Crippen molar-refractivity contribution in [2.75, 3.05) is 7.05 Å². The number of nitrogens with zero attached hydrogens (tertiary/aromatic N) is 3. The summed E-state index contributed by atoms with van der Waals surface area (Å²) in [4.78, 5) is 18.7. The van der Waals surface area contributed by atoms with Crippen LogP contribution in [0.4, 0.5) is 0 Å². The molecule has 0 saturated heterocycles. The molecule has 150 valence electrons. The van der Waals surface area contributed by atoms with Crippen LogP contribution < -0.4 is 0 Å². The van der Waals surface area contributed by atoms with Crippen molar-refractivity contribution < 1.29 is 0 Å². The van der Waals surface area contributed by atoms with Gasteiger partial charge in [0.25, 0.3) is 0 Å². The molecule has 3 aliphatic heterocycles. The Hall–Kier alpha value is -4.12. The van der Waals surface area contributed by atoms with E-state index in [1.54, 1.807) is 0 Å². The minimum atomic E-state index is 0.139. The van der Waals surface area contributed by atoms with Crippen molar-refractivity contribution in [2.24, 2.45) is 0 Å². The van der Waals surface area contributed by atoms with Crippen LogP contribution in [0.3, 0.4) is 0 Å². The Morgan fingerprint density at radius 1 is 0.710 bits per heavy atom. The Bertz CT molecular complexity index is 1450. The summed E-state index contributed by atoms with van der Waals surface area (Å²) in [6, 6.07) is 14.6. The lowest BCUT2D eigenvalue weighted by molar-refractivity contribution is 0.605. The number of aromatic amines is 2. The number of aromatic nitrogens is 4. The van der Waals surface area contributed by atoms with Gasteiger partial charge in [-0.15, -0.1) is 0 Å². The zero-order chi connectivity index (χ0) is 20.8. The van der Waals surface area contributed by atoms with Gasteiger partial charge >= 0.3 is 0 Å². The van der Waals surface area contributed by atoms with Gasteiger partial charge in [0.15, 0.2) is 0 Å². The molecule has 0 spiro atoms. The first kappa shape index (κ1) is 17.7. The molecule has 0 radical (unpaired) electrons. The van der Waals surface area contributed by atoms with Crippen molar-refractivity contribution in [2.45, 2.75) is 5.92 Å². The van der Waals surface area contributed by atoms with E-state index < -0.39 is 0 Å². The third kappa shape index (κ3) is 3.40. The highest BCUT2D eigenvalue weighted by molar-refractivity contribution is 5.80. The second-order valence-electron chi connectivity index (χ2n) is 7.97. The Kier molecular flexibility index (Phi) is 3.99. The first-order chi connectivity index (χ1) is 15.2. The molecule has 3 aromatic heterocycles. The predicted octanol–water partition coefficient (Wildman–Crippen LogP) is 5.71. The van der Waals surface area contributed by atoms with Crippen LogP contribution in [0.1, 0.15) is 34.3 Å². The summed E-state index contributed by atoms with van der Waals surface area (Å²) in [7, 11) is 2.03. The number of allylic oxidation sites excluding steroid dienone is 2. The van der Waals surface area contributed by atoms with E-state index >= 15 is 0 Å². The van der Waals surface area contributed by atoms with Gasteiger partial charge in [0, 0.05) is 53.0 Å². The minimum absolute atomic E-state index is 0.139. The highest BCUT2D eigenvalue weighted by Gasteiger charge is 2.16. The van der Waals surface area contributed by atoms with E-state index in [0.717, 1.165) is 50.4 Å². The molecule has 2 N–H and O–H groups in total. The van der Waals surface area contributed by atoms with E-state index in [9.17, 15) is 0 Å². The topological polar surface area (TPSA) is 60.6 Å². The fourth-order valence-corrected chi connectivity index (χ4v) is 4.14. The number of nitrogens with one attached hydrogen (secondary N) is 2. The smallest absolute Gasteiger partial charge is 0.0699 e. The second-order valence-corrected chi connectivity index (χ2v) is 7.97. The van der Waals surface area contributed by atoms with Crippen molar-refractivity contribution in [1.29, 1.82) is 0 Å². The normalized spacial score (nSPS) is 15.2. The summed E-state index contributed by atoms with van der Waals surface area (Å²) in [5.74, 6) is 0.139. The summed E-state index contributed by atoms with van der Waals surface area (Å²) in [5.41, 5.74) is 9.04. The molecule has 5 nitrogen and oxygen atoms in total. The molecular formula is C26H21N5. The third-order valence-corrected chi connectivity index (χ3v) is 5.65. The summed E-state index contributed by atoms with van der Waals surface area (Å²) >= 11 is 0. The lowest BCUT2D eigenvalue weighted by atomic mass is 9.96. The molecule has 0 aliphatic carbocycles.